The quantitative estimate of drug-likeness (QED) is 0.825. The highest BCUT2D eigenvalue weighted by Crippen LogP contribution is 2.28. The van der Waals surface area contributed by atoms with Crippen LogP contribution in [0.25, 0.3) is 0 Å². The average Bonchev–Trinajstić information content (AvgIpc) is 1.99. The fourth-order valence-corrected chi connectivity index (χ4v) is 1.05. The number of anilines is 1. The van der Waals surface area contributed by atoms with Gasteiger partial charge in [0, 0.05) is 16.2 Å². The lowest BCUT2D eigenvalue weighted by atomic mass is 10.3. The van der Waals surface area contributed by atoms with Gasteiger partial charge in [0.1, 0.15) is 0 Å². The van der Waals surface area contributed by atoms with Gasteiger partial charge in [-0.15, -0.1) is 0 Å². The van der Waals surface area contributed by atoms with E-state index in [1.54, 1.807) is 0 Å². The summed E-state index contributed by atoms with van der Waals surface area (Å²) in [7, 11) is 0. The van der Waals surface area contributed by atoms with Crippen LogP contribution in [0, 0.1) is 5.82 Å². The highest BCUT2D eigenvalue weighted by Gasteiger charge is 2.11. The molecule has 0 spiro atoms. The van der Waals surface area contributed by atoms with E-state index < -0.39 is 18.2 Å². The Morgan fingerprint density at radius 1 is 1.38 bits per heavy atom. The first-order valence-corrected chi connectivity index (χ1v) is 3.99. The average molecular weight is 256 g/mol. The Morgan fingerprint density at radius 2 is 2.00 bits per heavy atom. The van der Waals surface area contributed by atoms with Gasteiger partial charge in [0.2, 0.25) is 0 Å². The molecule has 2 nitrogen and oxygen atoms in total. The van der Waals surface area contributed by atoms with Crippen molar-refractivity contribution in [2.45, 2.75) is 6.61 Å². The van der Waals surface area contributed by atoms with Gasteiger partial charge in [-0.1, -0.05) is 0 Å². The number of hydrogen-bond acceptors (Lipinski definition) is 2. The van der Waals surface area contributed by atoms with Crippen LogP contribution in [0.3, 0.4) is 0 Å². The molecule has 0 unspecified atom stereocenters. The molecule has 0 saturated heterocycles. The van der Waals surface area contributed by atoms with E-state index in [1.165, 1.54) is 0 Å². The SMILES string of the molecule is Nc1cc(F)c(OC(F)F)cc1Br. The number of ether oxygens (including phenoxy) is 1. The number of halogens is 4. The number of rotatable bonds is 2. The van der Waals surface area contributed by atoms with E-state index in [1.807, 2.05) is 0 Å². The Labute approximate surface area is 80.6 Å². The second-order valence-corrected chi connectivity index (χ2v) is 3.04. The molecule has 0 aliphatic heterocycles. The van der Waals surface area contributed by atoms with Crippen LogP contribution in [0.4, 0.5) is 18.9 Å². The van der Waals surface area contributed by atoms with Gasteiger partial charge in [-0.2, -0.15) is 8.78 Å². The number of alkyl halides is 2. The summed E-state index contributed by atoms with van der Waals surface area (Å²) >= 11 is 2.95. The van der Waals surface area contributed by atoms with E-state index >= 15 is 0 Å². The van der Waals surface area contributed by atoms with Crippen molar-refractivity contribution in [1.82, 2.24) is 0 Å². The molecule has 2 N–H and O–H groups in total. The first-order chi connectivity index (χ1) is 6.00. The molecule has 13 heavy (non-hydrogen) atoms. The summed E-state index contributed by atoms with van der Waals surface area (Å²) in [6, 6.07) is 1.96. The molecule has 0 radical (unpaired) electrons. The minimum absolute atomic E-state index is 0.124. The molecule has 0 saturated carbocycles. The van der Waals surface area contributed by atoms with Gasteiger partial charge in [-0.25, -0.2) is 4.39 Å². The summed E-state index contributed by atoms with van der Waals surface area (Å²) < 4.78 is 40.4. The molecule has 0 amide bonds. The largest absolute Gasteiger partial charge is 0.432 e. The number of hydrogen-bond donors (Lipinski definition) is 1. The van der Waals surface area contributed by atoms with Crippen molar-refractivity contribution in [3.05, 3.63) is 22.4 Å². The van der Waals surface area contributed by atoms with Crippen molar-refractivity contribution >= 4 is 21.6 Å². The van der Waals surface area contributed by atoms with Crippen LogP contribution in [0.15, 0.2) is 16.6 Å². The van der Waals surface area contributed by atoms with Crippen LogP contribution >= 0.6 is 15.9 Å². The maximum absolute atomic E-state index is 12.8. The monoisotopic (exact) mass is 255 g/mol. The van der Waals surface area contributed by atoms with E-state index in [9.17, 15) is 13.2 Å². The first kappa shape index (κ1) is 10.2. The third-order valence-electron chi connectivity index (χ3n) is 1.27. The van der Waals surface area contributed by atoms with E-state index in [4.69, 9.17) is 5.73 Å². The van der Waals surface area contributed by atoms with Gasteiger partial charge in [0.05, 0.1) is 0 Å². The molecule has 1 aromatic rings. The Bertz CT molecular complexity index is 319. The molecule has 1 rings (SSSR count). The molecule has 0 aliphatic carbocycles. The van der Waals surface area contributed by atoms with Crippen molar-refractivity contribution in [3.8, 4) is 5.75 Å². The Hall–Kier alpha value is -0.910. The van der Waals surface area contributed by atoms with E-state index in [0.29, 0.717) is 4.47 Å². The molecule has 6 heteroatoms. The van der Waals surface area contributed by atoms with Crippen LogP contribution in [0.5, 0.6) is 5.75 Å². The number of nitrogens with two attached hydrogens (primary N) is 1. The lowest BCUT2D eigenvalue weighted by Crippen LogP contribution is -2.04. The third kappa shape index (κ3) is 2.51. The normalized spacial score (nSPS) is 10.5. The number of nitrogen functional groups attached to an aromatic ring is 1. The van der Waals surface area contributed by atoms with Crippen LogP contribution in [-0.2, 0) is 0 Å². The molecule has 0 bridgehead atoms. The lowest BCUT2D eigenvalue weighted by Gasteiger charge is -2.07. The highest BCUT2D eigenvalue weighted by molar-refractivity contribution is 9.10. The fourth-order valence-electron chi connectivity index (χ4n) is 0.730. The van der Waals surface area contributed by atoms with Crippen molar-refractivity contribution in [3.63, 3.8) is 0 Å². The van der Waals surface area contributed by atoms with Gasteiger partial charge in [0.15, 0.2) is 11.6 Å². The summed E-state index contributed by atoms with van der Waals surface area (Å²) in [5, 5.41) is 0. The molecule has 0 fully saturated rings. The third-order valence-corrected chi connectivity index (χ3v) is 1.95. The van der Waals surface area contributed by atoms with Crippen LogP contribution in [0.1, 0.15) is 0 Å². The Balaban J connectivity index is 3.01. The van der Waals surface area contributed by atoms with Crippen LogP contribution < -0.4 is 10.5 Å². The van der Waals surface area contributed by atoms with Gasteiger partial charge in [0.25, 0.3) is 0 Å². The van der Waals surface area contributed by atoms with Crippen molar-refractivity contribution in [1.29, 1.82) is 0 Å². The smallest absolute Gasteiger partial charge is 0.387 e. The standard InChI is InChI=1S/C7H5BrF3NO/c8-3-1-6(13-7(10)11)4(9)2-5(3)12/h1-2,7H,12H2. The van der Waals surface area contributed by atoms with Crippen LogP contribution in [0.2, 0.25) is 0 Å². The summed E-state index contributed by atoms with van der Waals surface area (Å²) in [6.07, 6.45) is 0. The van der Waals surface area contributed by atoms with Gasteiger partial charge < -0.3 is 10.5 Å². The first-order valence-electron chi connectivity index (χ1n) is 3.20. The van der Waals surface area contributed by atoms with Crippen molar-refractivity contribution in [2.75, 3.05) is 5.73 Å². The molecule has 0 heterocycles. The van der Waals surface area contributed by atoms with E-state index in [2.05, 4.69) is 20.7 Å². The fraction of sp³-hybridized carbons (Fsp3) is 0.143. The Morgan fingerprint density at radius 3 is 2.54 bits per heavy atom. The van der Waals surface area contributed by atoms with Gasteiger partial charge in [-0.3, -0.25) is 0 Å². The minimum Gasteiger partial charge on any atom is -0.432 e. The summed E-state index contributed by atoms with van der Waals surface area (Å²) in [6.45, 7) is -3.05. The summed E-state index contributed by atoms with van der Waals surface area (Å²) in [4.78, 5) is 0. The van der Waals surface area contributed by atoms with Crippen molar-refractivity contribution < 1.29 is 17.9 Å². The molecule has 72 valence electrons. The second-order valence-electron chi connectivity index (χ2n) is 2.18. The van der Waals surface area contributed by atoms with Crippen molar-refractivity contribution in [2.24, 2.45) is 0 Å². The zero-order valence-electron chi connectivity index (χ0n) is 6.23. The highest BCUT2D eigenvalue weighted by atomic mass is 79.9. The Kier molecular flexibility index (Phi) is 3.02. The molecular weight excluding hydrogens is 251 g/mol. The lowest BCUT2D eigenvalue weighted by molar-refractivity contribution is -0.0522. The molecular formula is C7H5BrF3NO. The molecule has 0 aromatic heterocycles. The van der Waals surface area contributed by atoms with Gasteiger partial charge >= 0.3 is 6.61 Å². The zero-order chi connectivity index (χ0) is 10.0. The van der Waals surface area contributed by atoms with E-state index in [-0.39, 0.29) is 5.69 Å². The predicted octanol–water partition coefficient (Wildman–Crippen LogP) is 2.77. The maximum atomic E-state index is 12.8. The molecule has 1 aromatic carbocycles. The molecule has 0 atom stereocenters. The zero-order valence-corrected chi connectivity index (χ0v) is 7.82. The predicted molar refractivity (Wildman–Crippen MR) is 45.1 cm³/mol. The van der Waals surface area contributed by atoms with E-state index in [0.717, 1.165) is 12.1 Å². The summed E-state index contributed by atoms with van der Waals surface area (Å²) in [5.74, 6) is -1.45. The summed E-state index contributed by atoms with van der Waals surface area (Å²) in [5.41, 5.74) is 5.41. The maximum Gasteiger partial charge on any atom is 0.387 e. The van der Waals surface area contributed by atoms with Crippen LogP contribution in [-0.4, -0.2) is 6.61 Å². The molecule has 0 aliphatic rings. The van der Waals surface area contributed by atoms with Gasteiger partial charge in [-0.05, 0) is 22.0 Å². The number of benzene rings is 1. The minimum atomic E-state index is -3.05. The second kappa shape index (κ2) is 3.87. The topological polar surface area (TPSA) is 35.2 Å².